The van der Waals surface area contributed by atoms with Crippen molar-refractivity contribution in [3.63, 3.8) is 0 Å². The van der Waals surface area contributed by atoms with Crippen LogP contribution in [0.1, 0.15) is 17.0 Å². The van der Waals surface area contributed by atoms with Gasteiger partial charge in [-0.05, 0) is 23.8 Å². The van der Waals surface area contributed by atoms with Crippen molar-refractivity contribution in [2.24, 2.45) is 0 Å². The van der Waals surface area contributed by atoms with E-state index < -0.39 is 0 Å². The number of halogens is 1. The Balaban J connectivity index is 2.14. The van der Waals surface area contributed by atoms with Crippen LogP contribution in [0.2, 0.25) is 0 Å². The molecule has 1 aromatic heterocycles. The number of hydrogen-bond acceptors (Lipinski definition) is 2. The molecule has 1 aromatic carbocycles. The molecule has 78 valence electrons. The molecule has 0 spiro atoms. The van der Waals surface area contributed by atoms with Crippen LogP contribution in [0.25, 0.3) is 0 Å². The molecule has 0 fully saturated rings. The normalized spacial score (nSPS) is 10.5. The molecule has 0 unspecified atom stereocenters. The second kappa shape index (κ2) is 4.59. The SMILES string of the molecule is OCc1cc(Cc2cccc(Br)c2)[nH]n1. The number of H-pyrrole nitrogens is 1. The highest BCUT2D eigenvalue weighted by molar-refractivity contribution is 9.10. The van der Waals surface area contributed by atoms with E-state index in [2.05, 4.69) is 38.3 Å². The Labute approximate surface area is 96.3 Å². The van der Waals surface area contributed by atoms with Gasteiger partial charge in [0.1, 0.15) is 0 Å². The first-order valence-electron chi connectivity index (χ1n) is 4.66. The number of aliphatic hydroxyl groups excluding tert-OH is 1. The van der Waals surface area contributed by atoms with Gasteiger partial charge in [-0.2, -0.15) is 5.10 Å². The summed E-state index contributed by atoms with van der Waals surface area (Å²) in [7, 11) is 0. The molecular formula is C11H11BrN2O. The average molecular weight is 267 g/mol. The van der Waals surface area contributed by atoms with Gasteiger partial charge >= 0.3 is 0 Å². The number of aromatic amines is 1. The van der Waals surface area contributed by atoms with Crippen LogP contribution in [-0.2, 0) is 13.0 Å². The van der Waals surface area contributed by atoms with E-state index in [0.29, 0.717) is 5.69 Å². The summed E-state index contributed by atoms with van der Waals surface area (Å²) in [6.45, 7) is -0.0189. The molecule has 0 saturated heterocycles. The van der Waals surface area contributed by atoms with Crippen LogP contribution in [0.3, 0.4) is 0 Å². The van der Waals surface area contributed by atoms with Crippen molar-refractivity contribution in [3.05, 3.63) is 51.8 Å². The molecule has 0 aliphatic heterocycles. The topological polar surface area (TPSA) is 48.9 Å². The molecule has 0 aliphatic carbocycles. The fraction of sp³-hybridized carbons (Fsp3) is 0.182. The lowest BCUT2D eigenvalue weighted by atomic mass is 10.1. The summed E-state index contributed by atoms with van der Waals surface area (Å²) in [6, 6.07) is 10.0. The molecule has 2 N–H and O–H groups in total. The summed E-state index contributed by atoms with van der Waals surface area (Å²) in [5, 5.41) is 15.7. The van der Waals surface area contributed by atoms with Gasteiger partial charge in [0, 0.05) is 16.6 Å². The molecule has 15 heavy (non-hydrogen) atoms. The average Bonchev–Trinajstić information content (AvgIpc) is 2.65. The van der Waals surface area contributed by atoms with Crippen LogP contribution < -0.4 is 0 Å². The van der Waals surface area contributed by atoms with Crippen molar-refractivity contribution in [2.45, 2.75) is 13.0 Å². The van der Waals surface area contributed by atoms with Gasteiger partial charge in [0.2, 0.25) is 0 Å². The van der Waals surface area contributed by atoms with Gasteiger partial charge in [0.25, 0.3) is 0 Å². The van der Waals surface area contributed by atoms with E-state index in [1.165, 1.54) is 5.56 Å². The van der Waals surface area contributed by atoms with Crippen LogP contribution in [0.5, 0.6) is 0 Å². The fourth-order valence-corrected chi connectivity index (χ4v) is 1.89. The Morgan fingerprint density at radius 1 is 1.33 bits per heavy atom. The maximum absolute atomic E-state index is 8.87. The van der Waals surface area contributed by atoms with E-state index in [4.69, 9.17) is 5.11 Å². The molecule has 0 saturated carbocycles. The molecule has 2 rings (SSSR count). The summed E-state index contributed by atoms with van der Waals surface area (Å²) >= 11 is 3.43. The Morgan fingerprint density at radius 3 is 2.87 bits per heavy atom. The highest BCUT2D eigenvalue weighted by atomic mass is 79.9. The quantitative estimate of drug-likeness (QED) is 0.896. The lowest BCUT2D eigenvalue weighted by molar-refractivity contribution is 0.276. The monoisotopic (exact) mass is 266 g/mol. The third-order valence-corrected chi connectivity index (χ3v) is 2.62. The van der Waals surface area contributed by atoms with Gasteiger partial charge < -0.3 is 5.11 Å². The molecular weight excluding hydrogens is 256 g/mol. The smallest absolute Gasteiger partial charge is 0.0879 e. The number of rotatable bonds is 3. The number of hydrogen-bond donors (Lipinski definition) is 2. The molecule has 3 nitrogen and oxygen atoms in total. The Bertz CT molecular complexity index is 453. The highest BCUT2D eigenvalue weighted by Gasteiger charge is 2.01. The van der Waals surface area contributed by atoms with Crippen molar-refractivity contribution in [2.75, 3.05) is 0 Å². The van der Waals surface area contributed by atoms with Gasteiger partial charge in [-0.1, -0.05) is 28.1 Å². The molecule has 2 aromatic rings. The van der Waals surface area contributed by atoms with Crippen molar-refractivity contribution < 1.29 is 5.11 Å². The molecule has 0 atom stereocenters. The largest absolute Gasteiger partial charge is 0.390 e. The zero-order valence-corrected chi connectivity index (χ0v) is 9.66. The lowest BCUT2D eigenvalue weighted by Crippen LogP contribution is -1.87. The molecule has 0 amide bonds. The summed E-state index contributed by atoms with van der Waals surface area (Å²) in [6.07, 6.45) is 0.798. The molecule has 4 heteroatoms. The van der Waals surface area contributed by atoms with Crippen molar-refractivity contribution in [3.8, 4) is 0 Å². The van der Waals surface area contributed by atoms with Crippen molar-refractivity contribution in [1.82, 2.24) is 10.2 Å². The Kier molecular flexibility index (Phi) is 3.18. The second-order valence-corrected chi connectivity index (χ2v) is 4.27. The minimum absolute atomic E-state index is 0.0189. The highest BCUT2D eigenvalue weighted by Crippen LogP contribution is 2.14. The first-order valence-corrected chi connectivity index (χ1v) is 5.45. The first kappa shape index (κ1) is 10.4. The predicted molar refractivity (Wildman–Crippen MR) is 61.5 cm³/mol. The van der Waals surface area contributed by atoms with Gasteiger partial charge in [-0.3, -0.25) is 5.10 Å². The van der Waals surface area contributed by atoms with Crippen LogP contribution in [0.4, 0.5) is 0 Å². The van der Waals surface area contributed by atoms with E-state index in [-0.39, 0.29) is 6.61 Å². The zero-order valence-electron chi connectivity index (χ0n) is 8.07. The van der Waals surface area contributed by atoms with Gasteiger partial charge in [0.05, 0.1) is 12.3 Å². The maximum atomic E-state index is 8.87. The number of aromatic nitrogens is 2. The fourth-order valence-electron chi connectivity index (χ4n) is 1.45. The van der Waals surface area contributed by atoms with Crippen LogP contribution in [0.15, 0.2) is 34.8 Å². The van der Waals surface area contributed by atoms with E-state index in [9.17, 15) is 0 Å². The summed E-state index contributed by atoms with van der Waals surface area (Å²) in [5.41, 5.74) is 2.90. The Hall–Kier alpha value is -1.13. The van der Waals surface area contributed by atoms with Gasteiger partial charge in [-0.15, -0.1) is 0 Å². The molecule has 1 heterocycles. The number of nitrogens with one attached hydrogen (secondary N) is 1. The lowest BCUT2D eigenvalue weighted by Gasteiger charge is -1.98. The van der Waals surface area contributed by atoms with E-state index >= 15 is 0 Å². The predicted octanol–water partition coefficient (Wildman–Crippen LogP) is 2.26. The van der Waals surface area contributed by atoms with Crippen molar-refractivity contribution >= 4 is 15.9 Å². The minimum Gasteiger partial charge on any atom is -0.390 e. The molecule has 0 bridgehead atoms. The van der Waals surface area contributed by atoms with Gasteiger partial charge in [0.15, 0.2) is 0 Å². The van der Waals surface area contributed by atoms with Gasteiger partial charge in [-0.25, -0.2) is 0 Å². The third kappa shape index (κ3) is 2.67. The number of benzene rings is 1. The second-order valence-electron chi connectivity index (χ2n) is 3.35. The summed E-state index contributed by atoms with van der Waals surface area (Å²) < 4.78 is 1.07. The van der Waals surface area contributed by atoms with Crippen LogP contribution >= 0.6 is 15.9 Å². The van der Waals surface area contributed by atoms with Crippen molar-refractivity contribution in [1.29, 1.82) is 0 Å². The summed E-state index contributed by atoms with van der Waals surface area (Å²) in [5.74, 6) is 0. The zero-order chi connectivity index (χ0) is 10.7. The third-order valence-electron chi connectivity index (χ3n) is 2.13. The molecule has 0 aliphatic rings. The summed E-state index contributed by atoms with van der Waals surface area (Å²) in [4.78, 5) is 0. The Morgan fingerprint density at radius 2 is 2.20 bits per heavy atom. The van der Waals surface area contributed by atoms with E-state index in [0.717, 1.165) is 16.6 Å². The number of aliphatic hydroxyl groups is 1. The number of nitrogens with zero attached hydrogens (tertiary/aromatic N) is 1. The first-order chi connectivity index (χ1) is 7.28. The minimum atomic E-state index is -0.0189. The molecule has 0 radical (unpaired) electrons. The van der Waals surface area contributed by atoms with Crippen LogP contribution in [-0.4, -0.2) is 15.3 Å². The maximum Gasteiger partial charge on any atom is 0.0879 e. The van der Waals surface area contributed by atoms with Crippen LogP contribution in [0, 0.1) is 0 Å². The van der Waals surface area contributed by atoms with E-state index in [1.807, 2.05) is 18.2 Å². The standard InChI is InChI=1S/C11H11BrN2O/c12-9-3-1-2-8(4-9)5-10-6-11(7-15)14-13-10/h1-4,6,15H,5,7H2,(H,13,14). The van der Waals surface area contributed by atoms with E-state index in [1.54, 1.807) is 0 Å².